The highest BCUT2D eigenvalue weighted by molar-refractivity contribution is 5.17. The molecule has 0 aromatic carbocycles. The zero-order valence-electron chi connectivity index (χ0n) is 9.62. The van der Waals surface area contributed by atoms with Crippen molar-refractivity contribution in [1.82, 2.24) is 5.32 Å². The highest BCUT2D eigenvalue weighted by Gasteiger charge is 2.54. The van der Waals surface area contributed by atoms with E-state index in [1.54, 1.807) is 13.1 Å². The summed E-state index contributed by atoms with van der Waals surface area (Å²) in [5.41, 5.74) is 4.71. The molecule has 4 atom stereocenters. The van der Waals surface area contributed by atoms with Crippen LogP contribution in [0.3, 0.4) is 0 Å². The molecule has 5 N–H and O–H groups in total. The predicted molar refractivity (Wildman–Crippen MR) is 58.8 cm³/mol. The summed E-state index contributed by atoms with van der Waals surface area (Å²) < 4.78 is 5.69. The largest absolute Gasteiger partial charge is 0.358 e. The van der Waals surface area contributed by atoms with Crippen LogP contribution >= 0.6 is 0 Å². The number of hydrogen-bond donors (Lipinski definition) is 3. The minimum absolute atomic E-state index is 0.0145. The van der Waals surface area contributed by atoms with Gasteiger partial charge in [-0.3, -0.25) is 10.2 Å². The molecule has 0 spiro atoms. The molecule has 0 bridgehead atoms. The molecule has 1 saturated heterocycles. The molecule has 4 unspecified atom stereocenters. The van der Waals surface area contributed by atoms with Crippen LogP contribution in [0.1, 0.15) is 20.3 Å². The van der Waals surface area contributed by atoms with Crippen LogP contribution in [0, 0.1) is 0 Å². The molecule has 0 aliphatic carbocycles. The summed E-state index contributed by atoms with van der Waals surface area (Å²) in [6.45, 7) is 7.55. The molecule has 0 radical (unpaired) electrons. The second kappa shape index (κ2) is 4.19. The first-order chi connectivity index (χ1) is 6.93. The average Bonchev–Trinajstić information content (AvgIpc) is 2.20. The number of rotatable bonds is 3. The lowest BCUT2D eigenvalue weighted by Gasteiger charge is -2.52. The lowest BCUT2D eigenvalue weighted by molar-refractivity contribution is -0.198. The molecule has 5 heteroatoms. The van der Waals surface area contributed by atoms with Gasteiger partial charge in [0.05, 0.1) is 11.6 Å². The summed E-state index contributed by atoms with van der Waals surface area (Å²) in [5, 5.41) is 3.02. The molecule has 5 nitrogen and oxygen atoms in total. The molecular weight excluding hydrogens is 194 g/mol. The zero-order chi connectivity index (χ0) is 11.7. The van der Waals surface area contributed by atoms with Gasteiger partial charge in [-0.1, -0.05) is 6.08 Å². The van der Waals surface area contributed by atoms with E-state index in [4.69, 9.17) is 21.2 Å². The van der Waals surface area contributed by atoms with Crippen LogP contribution in [-0.4, -0.2) is 30.5 Å². The summed E-state index contributed by atoms with van der Waals surface area (Å²) in [4.78, 5) is 5.08. The van der Waals surface area contributed by atoms with Crippen molar-refractivity contribution < 1.29 is 9.57 Å². The third kappa shape index (κ3) is 1.81. The Bertz CT molecular complexity index is 245. The van der Waals surface area contributed by atoms with E-state index in [0.29, 0.717) is 6.42 Å². The number of likely N-dealkylation sites (N-methyl/N-ethyl adjacent to an activating group) is 1. The summed E-state index contributed by atoms with van der Waals surface area (Å²) in [6, 6.07) is 0. The van der Waals surface area contributed by atoms with Crippen LogP contribution in [0.25, 0.3) is 0 Å². The zero-order valence-corrected chi connectivity index (χ0v) is 9.62. The summed E-state index contributed by atoms with van der Waals surface area (Å²) in [6.07, 6.45) is 1.96. The Morgan fingerprint density at radius 2 is 2.27 bits per heavy atom. The van der Waals surface area contributed by atoms with E-state index >= 15 is 0 Å². The van der Waals surface area contributed by atoms with Gasteiger partial charge in [-0.2, -0.15) is 0 Å². The quantitative estimate of drug-likeness (QED) is 0.451. The first-order valence-electron chi connectivity index (χ1n) is 5.06. The minimum atomic E-state index is -0.766. The van der Waals surface area contributed by atoms with Crippen LogP contribution in [0.2, 0.25) is 0 Å². The highest BCUT2D eigenvalue weighted by Crippen LogP contribution is 2.37. The number of nitrogens with one attached hydrogen (secondary N) is 1. The van der Waals surface area contributed by atoms with Crippen LogP contribution in [0.15, 0.2) is 12.7 Å². The van der Waals surface area contributed by atoms with Crippen molar-refractivity contribution in [3.63, 3.8) is 0 Å². The molecule has 1 aliphatic heterocycles. The van der Waals surface area contributed by atoms with Gasteiger partial charge < -0.3 is 10.5 Å². The summed E-state index contributed by atoms with van der Waals surface area (Å²) in [5.74, 6) is 5.37. The Hall–Kier alpha value is -0.460. The maximum Gasteiger partial charge on any atom is 0.131 e. The molecule has 1 fully saturated rings. The van der Waals surface area contributed by atoms with E-state index in [9.17, 15) is 0 Å². The Morgan fingerprint density at radius 1 is 1.67 bits per heavy atom. The van der Waals surface area contributed by atoms with Gasteiger partial charge in [0.2, 0.25) is 0 Å². The van der Waals surface area contributed by atoms with Crippen LogP contribution in [0.4, 0.5) is 0 Å². The fourth-order valence-electron chi connectivity index (χ4n) is 2.18. The number of ether oxygens (including phenoxy) is 1. The lowest BCUT2D eigenvalue weighted by Crippen LogP contribution is -2.73. The molecule has 88 valence electrons. The second-order valence-electron chi connectivity index (χ2n) is 4.31. The lowest BCUT2D eigenvalue weighted by atomic mass is 9.74. The van der Waals surface area contributed by atoms with Gasteiger partial charge in [-0.15, -0.1) is 6.58 Å². The van der Waals surface area contributed by atoms with Crippen LogP contribution in [-0.2, 0) is 9.57 Å². The average molecular weight is 215 g/mol. The third-order valence-corrected chi connectivity index (χ3v) is 3.22. The minimum Gasteiger partial charge on any atom is -0.358 e. The molecule has 0 saturated carbocycles. The molecule has 0 aromatic heterocycles. The maximum atomic E-state index is 6.23. The molecule has 0 amide bonds. The molecule has 0 aromatic rings. The van der Waals surface area contributed by atoms with Gasteiger partial charge in [-0.25, -0.2) is 5.90 Å². The standard InChI is InChI=1S/C10H21N3O2/c1-5-10(15-12)6-7(2)14-8(13-4)9(10,3)11/h5,7-8,13H,1,6,11-12H2,2-4H3. The van der Waals surface area contributed by atoms with E-state index in [1.165, 1.54) is 0 Å². The van der Waals surface area contributed by atoms with E-state index in [1.807, 2.05) is 13.8 Å². The smallest absolute Gasteiger partial charge is 0.131 e. The Balaban J connectivity index is 3.07. The molecule has 1 heterocycles. The van der Waals surface area contributed by atoms with Crippen LogP contribution < -0.4 is 16.9 Å². The van der Waals surface area contributed by atoms with E-state index < -0.39 is 11.1 Å². The van der Waals surface area contributed by atoms with E-state index in [0.717, 1.165) is 0 Å². The fourth-order valence-corrected chi connectivity index (χ4v) is 2.18. The monoisotopic (exact) mass is 215 g/mol. The first-order valence-corrected chi connectivity index (χ1v) is 5.06. The topological polar surface area (TPSA) is 82.5 Å². The molecule has 15 heavy (non-hydrogen) atoms. The Morgan fingerprint density at radius 3 is 2.67 bits per heavy atom. The van der Waals surface area contributed by atoms with Gasteiger partial charge in [0.1, 0.15) is 11.8 Å². The molecule has 1 rings (SSSR count). The number of nitrogens with two attached hydrogens (primary N) is 2. The fraction of sp³-hybridized carbons (Fsp3) is 0.800. The SMILES string of the molecule is C=CC1(ON)CC(C)OC(NC)C1(C)N. The van der Waals surface area contributed by atoms with Crippen LogP contribution in [0.5, 0.6) is 0 Å². The van der Waals surface area contributed by atoms with Gasteiger partial charge in [0.25, 0.3) is 0 Å². The maximum absolute atomic E-state index is 6.23. The molecule has 1 aliphatic rings. The van der Waals surface area contributed by atoms with Crippen molar-refractivity contribution in [1.29, 1.82) is 0 Å². The Kier molecular flexibility index (Phi) is 3.52. The predicted octanol–water partition coefficient (Wildman–Crippen LogP) is -0.127. The van der Waals surface area contributed by atoms with Gasteiger partial charge >= 0.3 is 0 Å². The van der Waals surface area contributed by atoms with Crippen molar-refractivity contribution >= 4 is 0 Å². The normalized spacial score (nSPS) is 46.5. The molecular formula is C10H21N3O2. The first kappa shape index (κ1) is 12.6. The van der Waals surface area contributed by atoms with Crippen molar-refractivity contribution in [3.8, 4) is 0 Å². The van der Waals surface area contributed by atoms with E-state index in [-0.39, 0.29) is 12.3 Å². The van der Waals surface area contributed by atoms with Gasteiger partial charge in [0.15, 0.2) is 0 Å². The van der Waals surface area contributed by atoms with Gasteiger partial charge in [0, 0.05) is 6.42 Å². The summed E-state index contributed by atoms with van der Waals surface area (Å²) >= 11 is 0. The third-order valence-electron chi connectivity index (χ3n) is 3.22. The van der Waals surface area contributed by atoms with Crippen molar-refractivity contribution in [3.05, 3.63) is 12.7 Å². The van der Waals surface area contributed by atoms with E-state index in [2.05, 4.69) is 11.9 Å². The number of hydrogen-bond acceptors (Lipinski definition) is 5. The Labute approximate surface area is 90.7 Å². The summed E-state index contributed by atoms with van der Waals surface area (Å²) in [7, 11) is 1.79. The van der Waals surface area contributed by atoms with Crippen molar-refractivity contribution in [2.75, 3.05) is 7.05 Å². The van der Waals surface area contributed by atoms with Crippen molar-refractivity contribution in [2.45, 2.75) is 43.7 Å². The highest BCUT2D eigenvalue weighted by atomic mass is 16.6. The second-order valence-corrected chi connectivity index (χ2v) is 4.31. The van der Waals surface area contributed by atoms with Crippen molar-refractivity contribution in [2.24, 2.45) is 11.6 Å². The van der Waals surface area contributed by atoms with Gasteiger partial charge in [-0.05, 0) is 20.9 Å².